The van der Waals surface area contributed by atoms with Gasteiger partial charge in [-0.15, -0.1) is 0 Å². The number of amides is 13. The number of rotatable bonds is 23. The Morgan fingerprint density at radius 2 is 1.03 bits per heavy atom. The Balaban J connectivity index is 2.01. The average molecular weight is 1240 g/mol. The van der Waals surface area contributed by atoms with Gasteiger partial charge in [0, 0.05) is 26.2 Å². The van der Waals surface area contributed by atoms with E-state index in [9.17, 15) is 92.3 Å². The standard InChI is InChI=1S/C55H89N13O19/c1-5-7-8-9-10-11-12-13-14-16-21-56-55(87)64-35(26-44(77)78)49(81)63-36-27-57-50(82)38-20-18-23-68(38)54(86)45(31(3)6-2)66-52(84)46(32(4)69)65-41(72)30-59-48(80)34(25-43(75)76)61-39(70)28-58-47(79)33(24-42(73)74)62-40(71)29-60-51(83)37-19-15-17-22-67(37)53(36)85/h31-38,45-46,69H,5-30H2,1-4H3,(H,57,82)(H,58,79)(H,59,80)(H,60,83)(H,61,70)(H,62,71)(H,63,81)(H,65,72)(H,66,84)(H,73,74)(H,75,76)(H,77,78)(H2,56,64,87)/t31-,32+,33-,34-,35-,36-,37-,38-,45-,46-/m0/s1. The molecule has 3 saturated heterocycles. The quantitative estimate of drug-likeness (QED) is 0.0446. The first-order valence-electron chi connectivity index (χ1n) is 29.9. The monoisotopic (exact) mass is 1240 g/mol. The van der Waals surface area contributed by atoms with Crippen LogP contribution in [0.25, 0.3) is 0 Å². The van der Waals surface area contributed by atoms with E-state index in [1.54, 1.807) is 13.8 Å². The number of aliphatic hydroxyl groups excluding tert-OH is 1. The van der Waals surface area contributed by atoms with Crippen LogP contribution < -0.4 is 58.5 Å². The first-order chi connectivity index (χ1) is 41.3. The molecular formula is C55H89N13O19. The minimum atomic E-state index is -1.90. The molecule has 10 atom stereocenters. The smallest absolute Gasteiger partial charge is 0.315 e. The van der Waals surface area contributed by atoms with Crippen molar-refractivity contribution in [3.05, 3.63) is 0 Å². The Hall–Kier alpha value is -8.19. The molecule has 0 aromatic carbocycles. The van der Waals surface area contributed by atoms with E-state index >= 15 is 0 Å². The Morgan fingerprint density at radius 1 is 0.552 bits per heavy atom. The van der Waals surface area contributed by atoms with Crippen LogP contribution in [0.5, 0.6) is 0 Å². The summed E-state index contributed by atoms with van der Waals surface area (Å²) < 4.78 is 0. The van der Waals surface area contributed by atoms with Crippen LogP contribution in [-0.4, -0.2) is 219 Å². The fourth-order valence-corrected chi connectivity index (χ4v) is 10.0. The summed E-state index contributed by atoms with van der Waals surface area (Å²) in [7, 11) is 0. The maximum Gasteiger partial charge on any atom is 0.315 e. The molecule has 0 aromatic heterocycles. The molecular weight excluding hydrogens is 1150 g/mol. The molecule has 32 nitrogen and oxygen atoms in total. The normalized spacial score (nSPS) is 24.0. The topological polar surface area (TPSA) is 476 Å². The predicted octanol–water partition coefficient (Wildman–Crippen LogP) is -3.30. The lowest BCUT2D eigenvalue weighted by molar-refractivity contribution is -0.146. The SMILES string of the molecule is CCCCCCCCCCCCNC(=O)N[C@@H](CC(=O)O)C(=O)N[C@H]1CNC(=O)[C@@H]2CCCN2C(=O)[C@H]([C@@H](C)CC)NC(=O)[C@H]([C@@H](C)O)NC(=O)CNC(=O)[C@H](CC(=O)O)NC(=O)CNC(=O)[C@H](CC(=O)O)NC(=O)CNC(=O)[C@@H]2CCCCN2C1=O. The lowest BCUT2D eigenvalue weighted by atomic mass is 9.96. The maximum atomic E-state index is 14.8. The first kappa shape index (κ1) is 73.1. The zero-order chi connectivity index (χ0) is 64.8. The zero-order valence-electron chi connectivity index (χ0n) is 50.0. The van der Waals surface area contributed by atoms with Crippen molar-refractivity contribution in [2.24, 2.45) is 5.92 Å². The molecule has 3 heterocycles. The summed E-state index contributed by atoms with van der Waals surface area (Å²) in [6, 6.07) is -14.1. The number of hydrogen-bond acceptors (Lipinski definition) is 16. The van der Waals surface area contributed by atoms with E-state index in [1.807, 2.05) is 0 Å². The number of aliphatic hydroxyl groups is 1. The van der Waals surface area contributed by atoms with Crippen LogP contribution in [0.15, 0.2) is 0 Å². The molecule has 15 N–H and O–H groups in total. The van der Waals surface area contributed by atoms with Gasteiger partial charge >= 0.3 is 23.9 Å². The summed E-state index contributed by atoms with van der Waals surface area (Å²) in [5.74, 6) is -17.1. The molecule has 0 bridgehead atoms. The Kier molecular flexibility index (Phi) is 32.0. The Labute approximate surface area is 504 Å². The zero-order valence-corrected chi connectivity index (χ0v) is 50.0. The molecule has 3 aliphatic heterocycles. The van der Waals surface area contributed by atoms with E-state index in [2.05, 4.69) is 65.4 Å². The van der Waals surface area contributed by atoms with Crippen molar-refractivity contribution in [3.8, 4) is 0 Å². The van der Waals surface area contributed by atoms with Crippen LogP contribution in [0.3, 0.4) is 0 Å². The van der Waals surface area contributed by atoms with Gasteiger partial charge in [0.2, 0.25) is 65.0 Å². The van der Waals surface area contributed by atoms with Crippen LogP contribution >= 0.6 is 0 Å². The van der Waals surface area contributed by atoms with Gasteiger partial charge in [-0.05, 0) is 51.4 Å². The van der Waals surface area contributed by atoms with Crippen molar-refractivity contribution in [1.29, 1.82) is 0 Å². The van der Waals surface area contributed by atoms with E-state index < -0.39 is 195 Å². The second kappa shape index (κ2) is 38.1. The highest BCUT2D eigenvalue weighted by molar-refractivity contribution is 6.00. The van der Waals surface area contributed by atoms with Crippen LogP contribution in [0.2, 0.25) is 0 Å². The predicted molar refractivity (Wildman–Crippen MR) is 306 cm³/mol. The number of hydrogen-bond donors (Lipinski definition) is 15. The van der Waals surface area contributed by atoms with Crippen molar-refractivity contribution in [2.45, 2.75) is 204 Å². The van der Waals surface area contributed by atoms with Gasteiger partial charge in [0.15, 0.2) is 0 Å². The second-order valence-electron chi connectivity index (χ2n) is 22.0. The van der Waals surface area contributed by atoms with Crippen LogP contribution in [0.4, 0.5) is 4.79 Å². The summed E-state index contributed by atoms with van der Waals surface area (Å²) >= 11 is 0. The third-order valence-electron chi connectivity index (χ3n) is 15.0. The summed E-state index contributed by atoms with van der Waals surface area (Å²) in [5, 5.41) is 65.0. The molecule has 0 spiro atoms. The molecule has 3 aliphatic rings. The first-order valence-corrected chi connectivity index (χ1v) is 29.9. The number of carbonyl (C=O) groups is 15. The number of fused-ring (bicyclic) bond motifs is 2. The van der Waals surface area contributed by atoms with E-state index in [1.165, 1.54) is 24.2 Å². The van der Waals surface area contributed by atoms with Crippen molar-refractivity contribution in [2.75, 3.05) is 45.8 Å². The fourth-order valence-electron chi connectivity index (χ4n) is 10.0. The van der Waals surface area contributed by atoms with Crippen LogP contribution in [0.1, 0.15) is 150 Å². The lowest BCUT2D eigenvalue weighted by Crippen LogP contribution is -2.63. The molecule has 0 unspecified atom stereocenters. The van der Waals surface area contributed by atoms with Gasteiger partial charge in [0.1, 0.15) is 48.3 Å². The molecule has 488 valence electrons. The van der Waals surface area contributed by atoms with E-state index in [4.69, 9.17) is 0 Å². The average Bonchev–Trinajstić information content (AvgIpc) is 3.38. The Morgan fingerprint density at radius 3 is 1.55 bits per heavy atom. The molecule has 87 heavy (non-hydrogen) atoms. The minimum absolute atomic E-state index is 0.0160. The number of aliphatic carboxylic acids is 3. The number of carbonyl (C=O) groups excluding carboxylic acids is 12. The number of carboxylic acids is 3. The Bertz CT molecular complexity index is 2450. The number of piperidine rings is 1. The molecule has 0 aromatic rings. The third-order valence-corrected chi connectivity index (χ3v) is 15.0. The summed E-state index contributed by atoms with van der Waals surface area (Å²) in [6.07, 6.45) is 6.85. The van der Waals surface area contributed by atoms with Crippen molar-refractivity contribution >= 4 is 88.9 Å². The minimum Gasteiger partial charge on any atom is -0.481 e. The molecule has 0 aliphatic carbocycles. The molecule has 32 heteroatoms. The van der Waals surface area contributed by atoms with Crippen molar-refractivity contribution in [1.82, 2.24) is 68.3 Å². The third kappa shape index (κ3) is 25.7. The van der Waals surface area contributed by atoms with Crippen molar-refractivity contribution in [3.63, 3.8) is 0 Å². The van der Waals surface area contributed by atoms with E-state index in [-0.39, 0.29) is 45.3 Å². The maximum absolute atomic E-state index is 14.8. The highest BCUT2D eigenvalue weighted by Crippen LogP contribution is 2.23. The molecule has 3 fully saturated rings. The number of nitrogens with one attached hydrogen (secondary N) is 11. The lowest BCUT2D eigenvalue weighted by Gasteiger charge is -2.37. The highest BCUT2D eigenvalue weighted by Gasteiger charge is 2.43. The van der Waals surface area contributed by atoms with E-state index in [0.717, 1.165) is 50.3 Å². The number of carboxylic acid groups (broad SMARTS) is 3. The number of nitrogens with zero attached hydrogens (tertiary/aromatic N) is 2. The van der Waals surface area contributed by atoms with Gasteiger partial charge in [-0.2, -0.15) is 0 Å². The molecule has 13 amide bonds. The van der Waals surface area contributed by atoms with Gasteiger partial charge in [-0.25, -0.2) is 4.79 Å². The van der Waals surface area contributed by atoms with Gasteiger partial charge < -0.3 is 88.7 Å². The number of urea groups is 1. The van der Waals surface area contributed by atoms with Gasteiger partial charge in [-0.1, -0.05) is 85.0 Å². The second-order valence-corrected chi connectivity index (χ2v) is 22.0. The van der Waals surface area contributed by atoms with Gasteiger partial charge in [-0.3, -0.25) is 67.1 Å². The summed E-state index contributed by atoms with van der Waals surface area (Å²) in [4.78, 5) is 202. The largest absolute Gasteiger partial charge is 0.481 e. The summed E-state index contributed by atoms with van der Waals surface area (Å²) in [5.41, 5.74) is 0. The van der Waals surface area contributed by atoms with Gasteiger partial charge in [0.05, 0.1) is 45.0 Å². The van der Waals surface area contributed by atoms with Gasteiger partial charge in [0.25, 0.3) is 0 Å². The van der Waals surface area contributed by atoms with Crippen LogP contribution in [-0.2, 0) is 67.1 Å². The van der Waals surface area contributed by atoms with Crippen molar-refractivity contribution < 1.29 is 92.3 Å². The fraction of sp³-hybridized carbons (Fsp3) is 0.727. The number of unbranched alkanes of at least 4 members (excludes halogenated alkanes) is 9. The molecule has 0 saturated carbocycles. The highest BCUT2D eigenvalue weighted by atomic mass is 16.4. The molecule has 0 radical (unpaired) electrons. The van der Waals surface area contributed by atoms with Crippen LogP contribution in [0, 0.1) is 5.92 Å². The molecule has 3 rings (SSSR count). The summed E-state index contributed by atoms with van der Waals surface area (Å²) in [6.45, 7) is 3.02. The van der Waals surface area contributed by atoms with E-state index in [0.29, 0.717) is 19.3 Å².